The first-order valence-corrected chi connectivity index (χ1v) is 5.82. The minimum absolute atomic E-state index is 0.161. The van der Waals surface area contributed by atoms with Crippen LogP contribution in [0, 0.1) is 0 Å². The molecule has 2 heterocycles. The van der Waals surface area contributed by atoms with Gasteiger partial charge in [-0.05, 0) is 11.5 Å². The number of aromatic nitrogens is 3. The zero-order valence-electron chi connectivity index (χ0n) is 9.54. The molecule has 0 atom stereocenters. The number of methoxy groups -OCH3 is 1. The molecule has 0 unspecified atom stereocenters. The first-order valence-electron chi connectivity index (χ1n) is 5.05. The van der Waals surface area contributed by atoms with Gasteiger partial charge in [0.15, 0.2) is 11.6 Å². The van der Waals surface area contributed by atoms with Gasteiger partial charge in [-0.1, -0.05) is 5.16 Å². The molecule has 0 aliphatic carbocycles. The maximum atomic E-state index is 11.5. The molecule has 0 spiro atoms. The fraction of sp³-hybridized carbons (Fsp3) is 0.333. The Bertz CT molecular complexity index is 524. The predicted molar refractivity (Wildman–Crippen MR) is 64.4 cm³/mol. The molecule has 2 aromatic rings. The van der Waals surface area contributed by atoms with E-state index >= 15 is 0 Å². The van der Waals surface area contributed by atoms with Gasteiger partial charge in [0.25, 0.3) is 0 Å². The Kier molecular flexibility index (Phi) is 3.72. The van der Waals surface area contributed by atoms with Crippen LogP contribution in [0.25, 0.3) is 0 Å². The molecular formula is C9H11N5O3S. The Morgan fingerprint density at radius 2 is 2.50 bits per heavy atom. The molecule has 2 aromatic heterocycles. The van der Waals surface area contributed by atoms with Gasteiger partial charge in [-0.3, -0.25) is 0 Å². The molecule has 8 nitrogen and oxygen atoms in total. The molecule has 0 saturated carbocycles. The Hall–Kier alpha value is -2.16. The van der Waals surface area contributed by atoms with Crippen LogP contribution in [0.4, 0.5) is 10.8 Å². The molecule has 0 aliphatic heterocycles. The lowest BCUT2D eigenvalue weighted by Gasteiger charge is -2.04. The van der Waals surface area contributed by atoms with E-state index in [0.717, 1.165) is 11.5 Å². The van der Waals surface area contributed by atoms with E-state index in [4.69, 9.17) is 5.73 Å². The molecule has 3 N–H and O–H groups in total. The van der Waals surface area contributed by atoms with Crippen LogP contribution in [0.15, 0.2) is 10.9 Å². The number of hydrogen-bond acceptors (Lipinski definition) is 9. The van der Waals surface area contributed by atoms with Crippen molar-refractivity contribution in [2.45, 2.75) is 6.42 Å². The normalized spacial score (nSPS) is 10.3. The van der Waals surface area contributed by atoms with E-state index in [2.05, 4.69) is 29.1 Å². The van der Waals surface area contributed by atoms with Crippen molar-refractivity contribution < 1.29 is 14.1 Å². The highest BCUT2D eigenvalue weighted by Gasteiger charge is 2.19. The van der Waals surface area contributed by atoms with Crippen molar-refractivity contribution in [3.63, 3.8) is 0 Å². The molecule has 9 heteroatoms. The summed E-state index contributed by atoms with van der Waals surface area (Å²) in [6.45, 7) is 0.533. The highest BCUT2D eigenvalue weighted by atomic mass is 32.1. The van der Waals surface area contributed by atoms with Crippen LogP contribution in [0.1, 0.15) is 16.2 Å². The van der Waals surface area contributed by atoms with Crippen LogP contribution < -0.4 is 11.1 Å². The molecule has 0 aliphatic rings. The van der Waals surface area contributed by atoms with Crippen LogP contribution >= 0.6 is 11.5 Å². The summed E-state index contributed by atoms with van der Waals surface area (Å²) in [5, 5.41) is 7.28. The second-order valence-electron chi connectivity index (χ2n) is 3.29. The van der Waals surface area contributed by atoms with E-state index in [1.54, 1.807) is 0 Å². The Balaban J connectivity index is 1.99. The standard InChI is InChI=1S/C9H11N5O3S/c1-16-9(15)6-7(10)14-18-8(6)11-3-2-5-12-4-17-13-5/h4,11H,2-3H2,1H3,(H2,10,14). The fourth-order valence-electron chi connectivity index (χ4n) is 1.31. The average Bonchev–Trinajstić information content (AvgIpc) is 2.99. The summed E-state index contributed by atoms with van der Waals surface area (Å²) in [4.78, 5) is 15.4. The summed E-state index contributed by atoms with van der Waals surface area (Å²) >= 11 is 1.11. The van der Waals surface area contributed by atoms with Gasteiger partial charge >= 0.3 is 5.97 Å². The van der Waals surface area contributed by atoms with Crippen molar-refractivity contribution in [2.75, 3.05) is 24.7 Å². The number of ether oxygens (including phenoxy) is 1. The van der Waals surface area contributed by atoms with Gasteiger partial charge in [-0.25, -0.2) is 4.79 Å². The number of anilines is 2. The molecular weight excluding hydrogens is 258 g/mol. The topological polar surface area (TPSA) is 116 Å². The number of carbonyl (C=O) groups excluding carboxylic acids is 1. The summed E-state index contributed by atoms with van der Waals surface area (Å²) in [7, 11) is 1.29. The number of carbonyl (C=O) groups is 1. The number of nitrogens with one attached hydrogen (secondary N) is 1. The first kappa shape index (κ1) is 12.3. The zero-order chi connectivity index (χ0) is 13.0. The van der Waals surface area contributed by atoms with Crippen molar-refractivity contribution in [2.24, 2.45) is 0 Å². The summed E-state index contributed by atoms with van der Waals surface area (Å²) in [6.07, 6.45) is 1.83. The van der Waals surface area contributed by atoms with E-state index in [0.29, 0.717) is 23.8 Å². The van der Waals surface area contributed by atoms with Crippen LogP contribution in [0.5, 0.6) is 0 Å². The summed E-state index contributed by atoms with van der Waals surface area (Å²) in [5.74, 6) is 0.233. The maximum Gasteiger partial charge on any atom is 0.344 e. The van der Waals surface area contributed by atoms with Crippen LogP contribution in [-0.4, -0.2) is 34.1 Å². The largest absolute Gasteiger partial charge is 0.465 e. The summed E-state index contributed by atoms with van der Waals surface area (Å²) in [5.41, 5.74) is 5.86. The molecule has 18 heavy (non-hydrogen) atoms. The SMILES string of the molecule is COC(=O)c1c(N)nsc1NCCc1ncon1. The van der Waals surface area contributed by atoms with E-state index in [-0.39, 0.29) is 11.4 Å². The fourth-order valence-corrected chi connectivity index (χ4v) is 2.04. The summed E-state index contributed by atoms with van der Waals surface area (Å²) < 4.78 is 13.2. The number of esters is 1. The van der Waals surface area contributed by atoms with Crippen LogP contribution in [0.3, 0.4) is 0 Å². The number of rotatable bonds is 5. The Morgan fingerprint density at radius 1 is 1.67 bits per heavy atom. The third kappa shape index (κ3) is 2.56. The smallest absolute Gasteiger partial charge is 0.344 e. The van der Waals surface area contributed by atoms with Gasteiger partial charge in [-0.15, -0.1) is 0 Å². The lowest BCUT2D eigenvalue weighted by Crippen LogP contribution is -2.10. The highest BCUT2D eigenvalue weighted by Crippen LogP contribution is 2.27. The van der Waals surface area contributed by atoms with Gasteiger partial charge in [-0.2, -0.15) is 9.36 Å². The number of nitrogens with two attached hydrogens (primary N) is 1. The minimum atomic E-state index is -0.511. The van der Waals surface area contributed by atoms with Gasteiger partial charge in [0.1, 0.15) is 10.6 Å². The molecule has 0 fully saturated rings. The Labute approximate surface area is 106 Å². The van der Waals surface area contributed by atoms with E-state index in [1.165, 1.54) is 13.5 Å². The highest BCUT2D eigenvalue weighted by molar-refractivity contribution is 7.11. The van der Waals surface area contributed by atoms with Gasteiger partial charge in [0.05, 0.1) is 7.11 Å². The lowest BCUT2D eigenvalue weighted by atomic mass is 10.3. The lowest BCUT2D eigenvalue weighted by molar-refractivity contribution is 0.0603. The van der Waals surface area contributed by atoms with Crippen LogP contribution in [-0.2, 0) is 11.2 Å². The van der Waals surface area contributed by atoms with Gasteiger partial charge < -0.3 is 20.3 Å². The van der Waals surface area contributed by atoms with E-state index in [9.17, 15) is 4.79 Å². The van der Waals surface area contributed by atoms with Gasteiger partial charge in [0.2, 0.25) is 6.39 Å². The predicted octanol–water partition coefficient (Wildman–Crippen LogP) is 0.550. The molecule has 0 aromatic carbocycles. The minimum Gasteiger partial charge on any atom is -0.465 e. The molecule has 0 amide bonds. The number of nitrogen functional groups attached to an aromatic ring is 1. The van der Waals surface area contributed by atoms with E-state index in [1.807, 2.05) is 0 Å². The average molecular weight is 269 g/mol. The third-order valence-corrected chi connectivity index (χ3v) is 2.97. The molecule has 0 bridgehead atoms. The van der Waals surface area contributed by atoms with Crippen LogP contribution in [0.2, 0.25) is 0 Å². The summed E-state index contributed by atoms with van der Waals surface area (Å²) in [6, 6.07) is 0. The molecule has 2 rings (SSSR count). The zero-order valence-corrected chi connectivity index (χ0v) is 10.4. The van der Waals surface area contributed by atoms with E-state index < -0.39 is 5.97 Å². The van der Waals surface area contributed by atoms with Crippen molar-refractivity contribution in [3.8, 4) is 0 Å². The van der Waals surface area contributed by atoms with Crippen molar-refractivity contribution >= 4 is 28.3 Å². The van der Waals surface area contributed by atoms with Crippen molar-refractivity contribution in [1.82, 2.24) is 14.5 Å². The number of nitrogens with zero attached hydrogens (tertiary/aromatic N) is 3. The number of hydrogen-bond donors (Lipinski definition) is 2. The second kappa shape index (κ2) is 5.45. The quantitative estimate of drug-likeness (QED) is 0.756. The first-order chi connectivity index (χ1) is 8.72. The third-order valence-electron chi connectivity index (χ3n) is 2.15. The molecule has 0 radical (unpaired) electrons. The van der Waals surface area contributed by atoms with Gasteiger partial charge in [0, 0.05) is 13.0 Å². The van der Waals surface area contributed by atoms with Crippen molar-refractivity contribution in [1.29, 1.82) is 0 Å². The molecule has 96 valence electrons. The second-order valence-corrected chi connectivity index (χ2v) is 4.06. The van der Waals surface area contributed by atoms with Crippen molar-refractivity contribution in [3.05, 3.63) is 17.8 Å². The monoisotopic (exact) mass is 269 g/mol. The Morgan fingerprint density at radius 3 is 3.17 bits per heavy atom. The maximum absolute atomic E-state index is 11.5. The molecule has 0 saturated heterocycles.